The van der Waals surface area contributed by atoms with E-state index in [0.717, 1.165) is 29.6 Å². The van der Waals surface area contributed by atoms with Crippen molar-refractivity contribution < 1.29 is 0 Å². The molecule has 0 spiro atoms. The van der Waals surface area contributed by atoms with Gasteiger partial charge >= 0.3 is 0 Å². The van der Waals surface area contributed by atoms with Gasteiger partial charge in [-0.1, -0.05) is 54.0 Å². The maximum absolute atomic E-state index is 4.78. The highest BCUT2D eigenvalue weighted by atomic mass is 14.9. The van der Waals surface area contributed by atoms with Crippen LogP contribution in [0, 0.1) is 0 Å². The van der Waals surface area contributed by atoms with E-state index in [2.05, 4.69) is 64.7 Å². The SMILES string of the molecule is CCCC(C)(C)c1ncc2cc(C(C)(C)C)ccc2n1. The zero-order valence-corrected chi connectivity index (χ0v) is 13.6. The molecule has 2 nitrogen and oxygen atoms in total. The van der Waals surface area contributed by atoms with Gasteiger partial charge in [-0.25, -0.2) is 9.97 Å². The zero-order chi connectivity index (χ0) is 15.0. The molecule has 0 aliphatic carbocycles. The molecule has 0 aliphatic rings. The Labute approximate surface area is 122 Å². The molecule has 1 aromatic carbocycles. The number of nitrogens with zero attached hydrogens (tertiary/aromatic N) is 2. The minimum absolute atomic E-state index is 0.0473. The van der Waals surface area contributed by atoms with Crippen LogP contribution in [-0.2, 0) is 10.8 Å². The maximum atomic E-state index is 4.78. The van der Waals surface area contributed by atoms with Gasteiger partial charge in [0.15, 0.2) is 0 Å². The molecule has 0 aliphatic heterocycles. The van der Waals surface area contributed by atoms with Crippen LogP contribution in [0.4, 0.5) is 0 Å². The van der Waals surface area contributed by atoms with Crippen molar-refractivity contribution in [1.29, 1.82) is 0 Å². The van der Waals surface area contributed by atoms with Crippen molar-refractivity contribution in [3.8, 4) is 0 Å². The molecule has 1 heterocycles. The Morgan fingerprint density at radius 2 is 1.75 bits per heavy atom. The van der Waals surface area contributed by atoms with E-state index in [1.807, 2.05) is 6.20 Å². The average molecular weight is 270 g/mol. The fourth-order valence-electron chi connectivity index (χ4n) is 2.56. The van der Waals surface area contributed by atoms with Crippen LogP contribution in [0.5, 0.6) is 0 Å². The second-order valence-corrected chi connectivity index (χ2v) is 7.35. The van der Waals surface area contributed by atoms with Crippen LogP contribution < -0.4 is 0 Å². The molecular weight excluding hydrogens is 244 g/mol. The largest absolute Gasteiger partial charge is 0.240 e. The third kappa shape index (κ3) is 3.00. The Morgan fingerprint density at radius 1 is 1.05 bits per heavy atom. The summed E-state index contributed by atoms with van der Waals surface area (Å²) in [5.74, 6) is 0.954. The van der Waals surface area contributed by atoms with Crippen molar-refractivity contribution in [2.24, 2.45) is 0 Å². The van der Waals surface area contributed by atoms with Gasteiger partial charge < -0.3 is 0 Å². The highest BCUT2D eigenvalue weighted by Crippen LogP contribution is 2.28. The minimum Gasteiger partial charge on any atom is -0.240 e. The number of hydrogen-bond acceptors (Lipinski definition) is 2. The molecule has 2 rings (SSSR count). The molecular formula is C18H26N2. The van der Waals surface area contributed by atoms with Crippen molar-refractivity contribution in [1.82, 2.24) is 9.97 Å². The number of aromatic nitrogens is 2. The summed E-state index contributed by atoms with van der Waals surface area (Å²) in [7, 11) is 0. The van der Waals surface area contributed by atoms with Crippen molar-refractivity contribution in [3.63, 3.8) is 0 Å². The van der Waals surface area contributed by atoms with Crippen molar-refractivity contribution >= 4 is 10.9 Å². The van der Waals surface area contributed by atoms with Crippen molar-refractivity contribution in [3.05, 3.63) is 35.8 Å². The first kappa shape index (κ1) is 15.0. The van der Waals surface area contributed by atoms with Gasteiger partial charge in [0, 0.05) is 17.0 Å². The molecule has 20 heavy (non-hydrogen) atoms. The lowest BCUT2D eigenvalue weighted by molar-refractivity contribution is 0.446. The molecule has 108 valence electrons. The zero-order valence-electron chi connectivity index (χ0n) is 13.6. The number of benzene rings is 1. The minimum atomic E-state index is 0.0473. The van der Waals surface area contributed by atoms with Crippen molar-refractivity contribution in [2.45, 2.75) is 65.2 Å². The summed E-state index contributed by atoms with van der Waals surface area (Å²) in [5.41, 5.74) is 2.58. The first-order chi connectivity index (χ1) is 9.24. The highest BCUT2D eigenvalue weighted by Gasteiger charge is 2.23. The number of fused-ring (bicyclic) bond motifs is 1. The summed E-state index contributed by atoms with van der Waals surface area (Å²) < 4.78 is 0. The lowest BCUT2D eigenvalue weighted by atomic mass is 9.86. The summed E-state index contributed by atoms with van der Waals surface area (Å²) in [4.78, 5) is 9.39. The van der Waals surface area contributed by atoms with Crippen LogP contribution in [0.25, 0.3) is 10.9 Å². The molecule has 0 saturated carbocycles. The maximum Gasteiger partial charge on any atom is 0.134 e. The molecule has 0 saturated heterocycles. The highest BCUT2D eigenvalue weighted by molar-refractivity contribution is 5.78. The predicted molar refractivity (Wildman–Crippen MR) is 86.2 cm³/mol. The Balaban J connectivity index is 2.47. The first-order valence-corrected chi connectivity index (χ1v) is 7.52. The van der Waals surface area contributed by atoms with Gasteiger partial charge in [-0.15, -0.1) is 0 Å². The Hall–Kier alpha value is -1.44. The molecule has 0 unspecified atom stereocenters. The van der Waals surface area contributed by atoms with E-state index in [4.69, 9.17) is 4.98 Å². The van der Waals surface area contributed by atoms with E-state index in [9.17, 15) is 0 Å². The smallest absolute Gasteiger partial charge is 0.134 e. The molecule has 1 aromatic heterocycles. The molecule has 2 aromatic rings. The molecule has 2 heteroatoms. The van der Waals surface area contributed by atoms with Gasteiger partial charge in [0.05, 0.1) is 5.52 Å². The van der Waals surface area contributed by atoms with Crippen LogP contribution in [-0.4, -0.2) is 9.97 Å². The summed E-state index contributed by atoms with van der Waals surface area (Å²) in [6, 6.07) is 6.53. The van der Waals surface area contributed by atoms with Gasteiger partial charge in [-0.05, 0) is 29.5 Å². The molecule has 0 atom stereocenters. The quantitative estimate of drug-likeness (QED) is 0.784. The standard InChI is InChI=1S/C18H26N2/c1-7-10-18(5,6)16-19-12-13-11-14(17(2,3)4)8-9-15(13)20-16/h8-9,11-12H,7,10H2,1-6H3. The average Bonchev–Trinajstić information content (AvgIpc) is 2.36. The van der Waals surface area contributed by atoms with E-state index in [-0.39, 0.29) is 10.8 Å². The summed E-state index contributed by atoms with van der Waals surface area (Å²) in [5, 5.41) is 1.13. The third-order valence-corrected chi connectivity index (χ3v) is 3.93. The topological polar surface area (TPSA) is 25.8 Å². The Bertz CT molecular complexity index is 606. The predicted octanol–water partition coefficient (Wildman–Crippen LogP) is 5.01. The first-order valence-electron chi connectivity index (χ1n) is 7.52. The van der Waals surface area contributed by atoms with Crippen LogP contribution in [0.2, 0.25) is 0 Å². The summed E-state index contributed by atoms with van der Waals surface area (Å²) in [6.07, 6.45) is 4.24. The van der Waals surface area contributed by atoms with Gasteiger partial charge in [0.2, 0.25) is 0 Å². The number of hydrogen-bond donors (Lipinski definition) is 0. The van der Waals surface area contributed by atoms with Crippen molar-refractivity contribution in [2.75, 3.05) is 0 Å². The van der Waals surface area contributed by atoms with Crippen LogP contribution in [0.15, 0.2) is 24.4 Å². The summed E-state index contributed by atoms with van der Waals surface area (Å²) >= 11 is 0. The van der Waals surface area contributed by atoms with E-state index >= 15 is 0 Å². The molecule has 0 radical (unpaired) electrons. The molecule has 0 fully saturated rings. The fraction of sp³-hybridized carbons (Fsp3) is 0.556. The van der Waals surface area contributed by atoms with E-state index in [1.165, 1.54) is 5.56 Å². The van der Waals surface area contributed by atoms with Crippen LogP contribution >= 0.6 is 0 Å². The van der Waals surface area contributed by atoms with Gasteiger partial charge in [0.1, 0.15) is 5.82 Å². The monoisotopic (exact) mass is 270 g/mol. The normalized spacial score (nSPS) is 12.9. The molecule has 0 bridgehead atoms. The second-order valence-electron chi connectivity index (χ2n) is 7.35. The fourth-order valence-corrected chi connectivity index (χ4v) is 2.56. The Kier molecular flexibility index (Phi) is 3.86. The number of rotatable bonds is 3. The second kappa shape index (κ2) is 5.16. The van der Waals surface area contributed by atoms with Gasteiger partial charge in [-0.2, -0.15) is 0 Å². The van der Waals surface area contributed by atoms with Gasteiger partial charge in [-0.3, -0.25) is 0 Å². The van der Waals surface area contributed by atoms with Crippen LogP contribution in [0.1, 0.15) is 65.8 Å². The van der Waals surface area contributed by atoms with E-state index in [1.54, 1.807) is 0 Å². The Morgan fingerprint density at radius 3 is 2.35 bits per heavy atom. The van der Waals surface area contributed by atoms with Crippen LogP contribution in [0.3, 0.4) is 0 Å². The van der Waals surface area contributed by atoms with Gasteiger partial charge in [0.25, 0.3) is 0 Å². The molecule has 0 N–H and O–H groups in total. The summed E-state index contributed by atoms with van der Waals surface area (Å²) in [6.45, 7) is 13.3. The van der Waals surface area contributed by atoms with E-state index < -0.39 is 0 Å². The lowest BCUT2D eigenvalue weighted by Gasteiger charge is -2.23. The van der Waals surface area contributed by atoms with E-state index in [0.29, 0.717) is 0 Å². The third-order valence-electron chi connectivity index (χ3n) is 3.93. The lowest BCUT2D eigenvalue weighted by Crippen LogP contribution is -2.20. The molecule has 0 amide bonds.